The van der Waals surface area contributed by atoms with Crippen LogP contribution in [0.15, 0.2) is 60.8 Å². The number of carbonyl (C=O) groups excluding carboxylic acids is 1. The van der Waals surface area contributed by atoms with Crippen molar-refractivity contribution >= 4 is 22.4 Å². The molecule has 2 aromatic carbocycles. The third-order valence-electron chi connectivity index (χ3n) is 3.34. The molecule has 0 saturated heterocycles. The summed E-state index contributed by atoms with van der Waals surface area (Å²) in [5.74, 6) is -0.110. The van der Waals surface area contributed by atoms with Crippen molar-refractivity contribution in [3.63, 3.8) is 0 Å². The fourth-order valence-corrected chi connectivity index (χ4v) is 2.95. The second kappa shape index (κ2) is 6.54. The summed E-state index contributed by atoms with van der Waals surface area (Å²) < 4.78 is 0. The second-order valence-corrected chi connectivity index (χ2v) is 6.28. The first-order valence-corrected chi connectivity index (χ1v) is 7.89. The van der Waals surface area contributed by atoms with Crippen LogP contribution >= 0.6 is 11.3 Å². The summed E-state index contributed by atoms with van der Waals surface area (Å²) in [6, 6.07) is 17.8. The van der Waals surface area contributed by atoms with Gasteiger partial charge in [-0.15, -0.1) is 11.3 Å². The van der Waals surface area contributed by atoms with Gasteiger partial charge in [-0.1, -0.05) is 48.5 Å². The van der Waals surface area contributed by atoms with Crippen molar-refractivity contribution in [3.8, 4) is 0 Å². The molecule has 3 nitrogen and oxygen atoms in total. The molecule has 1 heterocycles. The Bertz CT molecular complexity index is 781. The van der Waals surface area contributed by atoms with Crippen LogP contribution in [0.4, 0.5) is 5.13 Å². The molecule has 0 fully saturated rings. The highest BCUT2D eigenvalue weighted by atomic mass is 32.1. The first-order valence-electron chi connectivity index (χ1n) is 7.08. The van der Waals surface area contributed by atoms with Crippen LogP contribution in [0, 0.1) is 6.92 Å². The lowest BCUT2D eigenvalue weighted by Crippen LogP contribution is -2.14. The molecule has 0 unspecified atom stereocenters. The monoisotopic (exact) mass is 308 g/mol. The van der Waals surface area contributed by atoms with Gasteiger partial charge in [0.25, 0.3) is 5.91 Å². The molecule has 1 N–H and O–H groups in total. The number of thiazole rings is 1. The minimum atomic E-state index is -0.110. The number of hydrogen-bond acceptors (Lipinski definition) is 3. The molecular weight excluding hydrogens is 292 g/mol. The molecule has 0 aliphatic rings. The van der Waals surface area contributed by atoms with Gasteiger partial charge in [0.1, 0.15) is 0 Å². The lowest BCUT2D eigenvalue weighted by molar-refractivity contribution is 0.102. The standard InChI is InChI=1S/C18H16N2OS/c1-13-12-19-18(22-13)20-17(21)16-10-6-5-9-15(16)11-14-7-3-2-4-8-14/h2-10,12H,11H2,1H3,(H,19,20,21). The van der Waals surface area contributed by atoms with Gasteiger partial charge in [-0.2, -0.15) is 0 Å². The van der Waals surface area contributed by atoms with E-state index in [1.165, 1.54) is 16.9 Å². The molecule has 0 bridgehead atoms. The highest BCUT2D eigenvalue weighted by molar-refractivity contribution is 7.15. The first-order chi connectivity index (χ1) is 10.7. The Kier molecular flexibility index (Phi) is 4.30. The van der Waals surface area contributed by atoms with E-state index in [2.05, 4.69) is 22.4 Å². The third kappa shape index (κ3) is 3.40. The van der Waals surface area contributed by atoms with E-state index in [1.807, 2.05) is 49.4 Å². The van der Waals surface area contributed by atoms with Crippen LogP contribution < -0.4 is 5.32 Å². The largest absolute Gasteiger partial charge is 0.298 e. The summed E-state index contributed by atoms with van der Waals surface area (Å²) in [5, 5.41) is 3.51. The van der Waals surface area contributed by atoms with Crippen LogP contribution in [0.25, 0.3) is 0 Å². The lowest BCUT2D eigenvalue weighted by atomic mass is 9.99. The molecule has 0 aliphatic carbocycles. The van der Waals surface area contributed by atoms with E-state index >= 15 is 0 Å². The number of benzene rings is 2. The highest BCUT2D eigenvalue weighted by Gasteiger charge is 2.12. The van der Waals surface area contributed by atoms with Crippen molar-refractivity contribution in [3.05, 3.63) is 82.4 Å². The van der Waals surface area contributed by atoms with Crippen molar-refractivity contribution in [2.24, 2.45) is 0 Å². The van der Waals surface area contributed by atoms with Crippen LogP contribution in [-0.4, -0.2) is 10.9 Å². The average molecular weight is 308 g/mol. The van der Waals surface area contributed by atoms with Crippen molar-refractivity contribution in [2.75, 3.05) is 5.32 Å². The SMILES string of the molecule is Cc1cnc(NC(=O)c2ccccc2Cc2ccccc2)s1. The minimum Gasteiger partial charge on any atom is -0.298 e. The Morgan fingerprint density at radius 1 is 1.09 bits per heavy atom. The molecule has 0 saturated carbocycles. The highest BCUT2D eigenvalue weighted by Crippen LogP contribution is 2.20. The summed E-state index contributed by atoms with van der Waals surface area (Å²) in [6.07, 6.45) is 2.50. The van der Waals surface area contributed by atoms with Gasteiger partial charge in [-0.3, -0.25) is 10.1 Å². The fraction of sp³-hybridized carbons (Fsp3) is 0.111. The van der Waals surface area contributed by atoms with E-state index in [0.29, 0.717) is 10.7 Å². The van der Waals surface area contributed by atoms with Crippen molar-refractivity contribution < 1.29 is 4.79 Å². The summed E-state index contributed by atoms with van der Waals surface area (Å²) >= 11 is 1.48. The third-order valence-corrected chi connectivity index (χ3v) is 4.17. The Morgan fingerprint density at radius 2 is 1.82 bits per heavy atom. The fourth-order valence-electron chi connectivity index (χ4n) is 2.29. The van der Waals surface area contributed by atoms with Crippen LogP contribution in [-0.2, 0) is 6.42 Å². The topological polar surface area (TPSA) is 42.0 Å². The smallest absolute Gasteiger partial charge is 0.257 e. The van der Waals surface area contributed by atoms with E-state index in [4.69, 9.17) is 0 Å². The molecule has 22 heavy (non-hydrogen) atoms. The van der Waals surface area contributed by atoms with Crippen molar-refractivity contribution in [1.29, 1.82) is 0 Å². The number of nitrogens with zero attached hydrogens (tertiary/aromatic N) is 1. The van der Waals surface area contributed by atoms with Crippen LogP contribution in [0.3, 0.4) is 0 Å². The molecule has 0 aliphatic heterocycles. The van der Waals surface area contributed by atoms with E-state index in [-0.39, 0.29) is 5.91 Å². The van der Waals surface area contributed by atoms with E-state index in [1.54, 1.807) is 6.20 Å². The predicted octanol–water partition coefficient (Wildman–Crippen LogP) is 4.29. The van der Waals surface area contributed by atoms with E-state index in [9.17, 15) is 4.79 Å². The number of rotatable bonds is 4. The molecule has 0 atom stereocenters. The Balaban J connectivity index is 1.83. The molecule has 4 heteroatoms. The lowest BCUT2D eigenvalue weighted by Gasteiger charge is -2.09. The number of nitrogens with one attached hydrogen (secondary N) is 1. The molecular formula is C18H16N2OS. The molecule has 1 aromatic heterocycles. The van der Waals surface area contributed by atoms with Gasteiger partial charge in [0.2, 0.25) is 0 Å². The maximum absolute atomic E-state index is 12.5. The maximum atomic E-state index is 12.5. The van der Waals surface area contributed by atoms with Gasteiger partial charge in [0.05, 0.1) is 0 Å². The van der Waals surface area contributed by atoms with E-state index < -0.39 is 0 Å². The zero-order valence-corrected chi connectivity index (χ0v) is 13.1. The number of aryl methyl sites for hydroxylation is 1. The summed E-state index contributed by atoms with van der Waals surface area (Å²) in [4.78, 5) is 17.7. The number of carbonyl (C=O) groups is 1. The van der Waals surface area contributed by atoms with Gasteiger partial charge in [-0.25, -0.2) is 4.98 Å². The summed E-state index contributed by atoms with van der Waals surface area (Å²) in [6.45, 7) is 1.97. The van der Waals surface area contributed by atoms with Crippen molar-refractivity contribution in [1.82, 2.24) is 4.98 Å². The normalized spacial score (nSPS) is 10.4. The average Bonchev–Trinajstić information content (AvgIpc) is 2.94. The van der Waals surface area contributed by atoms with Gasteiger partial charge < -0.3 is 0 Å². The number of aromatic nitrogens is 1. The van der Waals surface area contributed by atoms with Gasteiger partial charge in [0, 0.05) is 16.6 Å². The van der Waals surface area contributed by atoms with Gasteiger partial charge in [0.15, 0.2) is 5.13 Å². The van der Waals surface area contributed by atoms with Crippen molar-refractivity contribution in [2.45, 2.75) is 13.3 Å². The number of amides is 1. The zero-order valence-electron chi connectivity index (χ0n) is 12.2. The van der Waals surface area contributed by atoms with Gasteiger partial charge >= 0.3 is 0 Å². The molecule has 3 aromatic rings. The Labute approximate surface area is 133 Å². The second-order valence-electron chi connectivity index (χ2n) is 5.05. The molecule has 0 spiro atoms. The molecule has 1 amide bonds. The summed E-state index contributed by atoms with van der Waals surface area (Å²) in [7, 11) is 0. The van der Waals surface area contributed by atoms with Crippen LogP contribution in [0.5, 0.6) is 0 Å². The minimum absolute atomic E-state index is 0.110. The summed E-state index contributed by atoms with van der Waals surface area (Å²) in [5.41, 5.74) is 2.89. The number of anilines is 1. The predicted molar refractivity (Wildman–Crippen MR) is 90.5 cm³/mol. The first kappa shape index (κ1) is 14.5. The zero-order chi connectivity index (χ0) is 15.4. The van der Waals surface area contributed by atoms with E-state index in [0.717, 1.165) is 16.9 Å². The molecule has 110 valence electrons. The van der Waals surface area contributed by atoms with Gasteiger partial charge in [-0.05, 0) is 30.5 Å². The van der Waals surface area contributed by atoms with Crippen LogP contribution in [0.1, 0.15) is 26.4 Å². The quantitative estimate of drug-likeness (QED) is 0.781. The Hall–Kier alpha value is -2.46. The molecule has 3 rings (SSSR count). The van der Waals surface area contributed by atoms with Crippen LogP contribution in [0.2, 0.25) is 0 Å². The Morgan fingerprint density at radius 3 is 2.55 bits per heavy atom. The maximum Gasteiger partial charge on any atom is 0.257 e. The molecule has 0 radical (unpaired) electrons. The number of hydrogen-bond donors (Lipinski definition) is 1.